The third-order valence-corrected chi connectivity index (χ3v) is 2.79. The predicted octanol–water partition coefficient (Wildman–Crippen LogP) is 2.17. The van der Waals surface area contributed by atoms with Crippen molar-refractivity contribution in [3.8, 4) is 5.75 Å². The van der Waals surface area contributed by atoms with E-state index in [0.29, 0.717) is 0 Å². The quantitative estimate of drug-likeness (QED) is 0.745. The zero-order valence-corrected chi connectivity index (χ0v) is 10.7. The van der Waals surface area contributed by atoms with Crippen LogP contribution in [0.2, 0.25) is 0 Å². The van der Waals surface area contributed by atoms with Crippen LogP contribution in [0, 0.1) is 0 Å². The predicted molar refractivity (Wildman–Crippen MR) is 73.6 cm³/mol. The van der Waals surface area contributed by atoms with Crippen molar-refractivity contribution in [2.75, 3.05) is 12.4 Å². The second-order valence-corrected chi connectivity index (χ2v) is 3.98. The molecule has 5 nitrogen and oxygen atoms in total. The number of aliphatic imine (C=N–C) groups is 1. The Balaban J connectivity index is 2.32. The van der Waals surface area contributed by atoms with Crippen LogP contribution in [0.25, 0.3) is 0 Å². The zero-order chi connectivity index (χ0) is 13.0. The molecule has 1 atom stereocenters. The van der Waals surface area contributed by atoms with E-state index in [4.69, 9.17) is 4.74 Å². The lowest BCUT2D eigenvalue weighted by Crippen LogP contribution is -2.26. The first-order chi connectivity index (χ1) is 8.76. The van der Waals surface area contributed by atoms with Crippen LogP contribution in [0.15, 0.2) is 35.5 Å². The maximum Gasteiger partial charge on any atom is 0.149 e. The highest BCUT2D eigenvalue weighted by molar-refractivity contribution is 5.64. The van der Waals surface area contributed by atoms with Crippen molar-refractivity contribution < 1.29 is 4.74 Å². The van der Waals surface area contributed by atoms with E-state index in [9.17, 15) is 0 Å². The molecule has 0 spiro atoms. The smallest absolute Gasteiger partial charge is 0.149 e. The summed E-state index contributed by atoms with van der Waals surface area (Å²) in [5, 5.41) is 3.26. The number of rotatable bonds is 5. The van der Waals surface area contributed by atoms with Crippen LogP contribution in [0.3, 0.4) is 0 Å². The maximum atomic E-state index is 5.49. The summed E-state index contributed by atoms with van der Waals surface area (Å²) < 4.78 is 5.49. The van der Waals surface area contributed by atoms with Gasteiger partial charge in [-0.15, -0.1) is 0 Å². The second-order valence-electron chi connectivity index (χ2n) is 3.98. The van der Waals surface area contributed by atoms with Crippen molar-refractivity contribution >= 4 is 12.0 Å². The van der Waals surface area contributed by atoms with E-state index in [2.05, 4.69) is 34.7 Å². The molecule has 0 bridgehead atoms. The molecule has 0 saturated heterocycles. The summed E-state index contributed by atoms with van der Waals surface area (Å²) in [6.07, 6.45) is 2.38. The number of hydrazine groups is 1. The van der Waals surface area contributed by atoms with E-state index in [1.54, 1.807) is 13.4 Å². The van der Waals surface area contributed by atoms with Gasteiger partial charge in [0.15, 0.2) is 0 Å². The highest BCUT2D eigenvalue weighted by Gasteiger charge is 2.19. The van der Waals surface area contributed by atoms with E-state index in [0.717, 1.165) is 29.1 Å². The number of para-hydroxylation sites is 1. The maximum absolute atomic E-state index is 5.49. The summed E-state index contributed by atoms with van der Waals surface area (Å²) in [5.74, 6) is 0.783. The van der Waals surface area contributed by atoms with Crippen LogP contribution in [0.1, 0.15) is 25.1 Å². The monoisotopic (exact) mass is 246 g/mol. The summed E-state index contributed by atoms with van der Waals surface area (Å²) in [6.45, 7) is 6.00. The molecule has 1 heterocycles. The Morgan fingerprint density at radius 1 is 1.56 bits per heavy atom. The highest BCUT2D eigenvalue weighted by atomic mass is 16.5. The SMILES string of the molecule is C=C(CC)Nc1cccc(C2N=CNN2)c1OC. The zero-order valence-electron chi connectivity index (χ0n) is 10.7. The molecular weight excluding hydrogens is 228 g/mol. The van der Waals surface area contributed by atoms with Crippen LogP contribution in [-0.4, -0.2) is 13.4 Å². The van der Waals surface area contributed by atoms with Crippen molar-refractivity contribution in [1.29, 1.82) is 0 Å². The number of ether oxygens (including phenoxy) is 1. The van der Waals surface area contributed by atoms with Gasteiger partial charge >= 0.3 is 0 Å². The van der Waals surface area contributed by atoms with Crippen LogP contribution in [-0.2, 0) is 0 Å². The van der Waals surface area contributed by atoms with E-state index in [1.165, 1.54) is 0 Å². The number of anilines is 1. The largest absolute Gasteiger partial charge is 0.494 e. The minimum atomic E-state index is -0.128. The van der Waals surface area contributed by atoms with Gasteiger partial charge in [0, 0.05) is 11.3 Å². The van der Waals surface area contributed by atoms with Crippen LogP contribution in [0.5, 0.6) is 5.75 Å². The summed E-state index contributed by atoms with van der Waals surface area (Å²) in [5.41, 5.74) is 8.74. The third-order valence-electron chi connectivity index (χ3n) is 2.79. The van der Waals surface area contributed by atoms with Gasteiger partial charge in [-0.25, -0.2) is 10.4 Å². The summed E-state index contributed by atoms with van der Waals surface area (Å²) in [7, 11) is 1.66. The molecule has 0 radical (unpaired) electrons. The summed E-state index contributed by atoms with van der Waals surface area (Å²) in [6, 6.07) is 5.93. The third kappa shape index (κ3) is 2.46. The molecule has 1 aliphatic rings. The minimum Gasteiger partial charge on any atom is -0.494 e. The van der Waals surface area contributed by atoms with Gasteiger partial charge in [-0.1, -0.05) is 25.6 Å². The van der Waals surface area contributed by atoms with E-state index in [1.807, 2.05) is 18.2 Å². The van der Waals surface area contributed by atoms with Gasteiger partial charge in [0.05, 0.1) is 19.1 Å². The van der Waals surface area contributed by atoms with Gasteiger partial charge in [0.1, 0.15) is 11.9 Å². The first kappa shape index (κ1) is 12.4. The molecule has 1 aliphatic heterocycles. The van der Waals surface area contributed by atoms with Gasteiger partial charge in [-0.2, -0.15) is 0 Å². The van der Waals surface area contributed by atoms with Crippen molar-refractivity contribution in [3.63, 3.8) is 0 Å². The number of benzene rings is 1. The Kier molecular flexibility index (Phi) is 3.84. The van der Waals surface area contributed by atoms with E-state index < -0.39 is 0 Å². The number of methoxy groups -OCH3 is 1. The Hall–Kier alpha value is -2.01. The van der Waals surface area contributed by atoms with Crippen molar-refractivity contribution in [1.82, 2.24) is 10.9 Å². The van der Waals surface area contributed by atoms with Crippen LogP contribution < -0.4 is 20.9 Å². The first-order valence-electron chi connectivity index (χ1n) is 5.90. The lowest BCUT2D eigenvalue weighted by molar-refractivity contribution is 0.403. The molecule has 1 aromatic rings. The molecule has 0 saturated carbocycles. The number of allylic oxidation sites excluding steroid dienone is 1. The Morgan fingerprint density at radius 2 is 2.39 bits per heavy atom. The molecule has 2 rings (SSSR count). The van der Waals surface area contributed by atoms with Crippen LogP contribution in [0.4, 0.5) is 5.69 Å². The fourth-order valence-corrected chi connectivity index (χ4v) is 1.80. The fourth-order valence-electron chi connectivity index (χ4n) is 1.80. The minimum absolute atomic E-state index is 0.128. The Morgan fingerprint density at radius 3 is 3.00 bits per heavy atom. The van der Waals surface area contributed by atoms with Gasteiger partial charge in [-0.3, -0.25) is 0 Å². The summed E-state index contributed by atoms with van der Waals surface area (Å²) in [4.78, 5) is 4.28. The number of hydrogen-bond donors (Lipinski definition) is 3. The number of hydrogen-bond acceptors (Lipinski definition) is 5. The number of nitrogens with one attached hydrogen (secondary N) is 3. The highest BCUT2D eigenvalue weighted by Crippen LogP contribution is 2.34. The molecule has 3 N–H and O–H groups in total. The van der Waals surface area contributed by atoms with Gasteiger partial charge in [0.25, 0.3) is 0 Å². The summed E-state index contributed by atoms with van der Waals surface area (Å²) >= 11 is 0. The van der Waals surface area contributed by atoms with E-state index >= 15 is 0 Å². The molecule has 96 valence electrons. The van der Waals surface area contributed by atoms with Crippen molar-refractivity contribution in [3.05, 3.63) is 36.0 Å². The Bertz CT molecular complexity index is 470. The molecule has 1 unspecified atom stereocenters. The fraction of sp³-hybridized carbons (Fsp3) is 0.308. The van der Waals surface area contributed by atoms with E-state index in [-0.39, 0.29) is 6.17 Å². The molecule has 0 aliphatic carbocycles. The topological polar surface area (TPSA) is 57.7 Å². The van der Waals surface area contributed by atoms with Crippen LogP contribution >= 0.6 is 0 Å². The lowest BCUT2D eigenvalue weighted by atomic mass is 10.1. The molecule has 0 fully saturated rings. The van der Waals surface area contributed by atoms with Gasteiger partial charge < -0.3 is 15.5 Å². The van der Waals surface area contributed by atoms with Crippen molar-refractivity contribution in [2.45, 2.75) is 19.5 Å². The second kappa shape index (κ2) is 5.55. The lowest BCUT2D eigenvalue weighted by Gasteiger charge is -2.18. The molecule has 5 heteroatoms. The van der Waals surface area contributed by atoms with Gasteiger partial charge in [-0.05, 0) is 12.5 Å². The molecule has 0 amide bonds. The normalized spacial score (nSPS) is 17.3. The average Bonchev–Trinajstić information content (AvgIpc) is 2.92. The van der Waals surface area contributed by atoms with Crippen molar-refractivity contribution in [2.24, 2.45) is 4.99 Å². The molecule has 0 aromatic heterocycles. The van der Waals surface area contributed by atoms with Gasteiger partial charge in [0.2, 0.25) is 0 Å². The molecule has 18 heavy (non-hydrogen) atoms. The Labute approximate surface area is 107 Å². The first-order valence-corrected chi connectivity index (χ1v) is 5.90. The standard InChI is InChI=1S/C13H18N4O/c1-4-9(2)16-11-7-5-6-10(12(11)18-3)13-14-8-15-17-13/h5-8,13,16-17H,2,4H2,1,3H3,(H,14,15). The molecular formula is C13H18N4O. The number of nitrogens with zero attached hydrogens (tertiary/aromatic N) is 1. The molecule has 1 aromatic carbocycles. The average molecular weight is 246 g/mol.